The molecule has 1 atom stereocenters. The summed E-state index contributed by atoms with van der Waals surface area (Å²) in [5, 5.41) is 3.66. The smallest absolute Gasteiger partial charge is 0.0164 e. The lowest BCUT2D eigenvalue weighted by molar-refractivity contribution is 0.415. The largest absolute Gasteiger partial charge is 0.313 e. The fraction of sp³-hybridized carbons (Fsp3) is 0.625. The topological polar surface area (TPSA) is 12.0 Å². The molecule has 1 fully saturated rings. The number of rotatable bonds is 7. The second kappa shape index (κ2) is 7.85. The molecule has 1 aliphatic carbocycles. The molecule has 0 spiro atoms. The Morgan fingerprint density at radius 1 is 1.22 bits per heavy atom. The molecule has 0 aliphatic heterocycles. The summed E-state index contributed by atoms with van der Waals surface area (Å²) in [6, 6.07) is 11.4. The predicted molar refractivity (Wildman–Crippen MR) is 81.2 cm³/mol. The first-order chi connectivity index (χ1) is 8.88. The Balaban J connectivity index is 1.78. The summed E-state index contributed by atoms with van der Waals surface area (Å²) in [4.78, 5) is 1.40. The number of benzene rings is 1. The molecule has 0 aromatic heterocycles. The van der Waals surface area contributed by atoms with Crippen LogP contribution in [0, 0.1) is 5.92 Å². The van der Waals surface area contributed by atoms with Crippen LogP contribution < -0.4 is 5.32 Å². The summed E-state index contributed by atoms with van der Waals surface area (Å²) in [6.45, 7) is 3.31. The van der Waals surface area contributed by atoms with Crippen LogP contribution in [0.25, 0.3) is 0 Å². The summed E-state index contributed by atoms with van der Waals surface area (Å²) in [7, 11) is 0. The Morgan fingerprint density at radius 2 is 1.94 bits per heavy atom. The van der Waals surface area contributed by atoms with Gasteiger partial charge in [0.1, 0.15) is 0 Å². The molecule has 0 bridgehead atoms. The highest BCUT2D eigenvalue weighted by molar-refractivity contribution is 7.99. The van der Waals surface area contributed by atoms with Crippen LogP contribution in [-0.2, 0) is 0 Å². The van der Waals surface area contributed by atoms with Crippen molar-refractivity contribution in [2.24, 2.45) is 5.92 Å². The third kappa shape index (κ3) is 4.66. The van der Waals surface area contributed by atoms with Crippen molar-refractivity contribution >= 4 is 11.8 Å². The van der Waals surface area contributed by atoms with Gasteiger partial charge < -0.3 is 5.32 Å². The van der Waals surface area contributed by atoms with Crippen molar-refractivity contribution in [2.45, 2.75) is 50.0 Å². The summed E-state index contributed by atoms with van der Waals surface area (Å²) in [6.07, 6.45) is 7.19. The molecule has 0 radical (unpaired) electrons. The second-order valence-electron chi connectivity index (χ2n) is 5.26. The molecule has 2 rings (SSSR count). The Labute approximate surface area is 116 Å². The van der Waals surface area contributed by atoms with E-state index >= 15 is 0 Å². The van der Waals surface area contributed by atoms with Crippen LogP contribution in [0.3, 0.4) is 0 Å². The van der Waals surface area contributed by atoms with Crippen LogP contribution >= 0.6 is 11.8 Å². The van der Waals surface area contributed by atoms with E-state index in [1.165, 1.54) is 42.8 Å². The lowest BCUT2D eigenvalue weighted by Gasteiger charge is -2.21. The molecular weight excluding hydrogens is 238 g/mol. The minimum Gasteiger partial charge on any atom is -0.313 e. The average Bonchev–Trinajstić information content (AvgIpc) is 2.90. The van der Waals surface area contributed by atoms with Crippen molar-refractivity contribution in [2.75, 3.05) is 12.3 Å². The highest BCUT2D eigenvalue weighted by Crippen LogP contribution is 2.30. The summed E-state index contributed by atoms with van der Waals surface area (Å²) in [5.74, 6) is 2.18. The number of nitrogens with one attached hydrogen (secondary N) is 1. The van der Waals surface area contributed by atoms with E-state index in [2.05, 4.69) is 42.6 Å². The summed E-state index contributed by atoms with van der Waals surface area (Å²) in [5.41, 5.74) is 0. The highest BCUT2D eigenvalue weighted by atomic mass is 32.2. The van der Waals surface area contributed by atoms with E-state index < -0.39 is 0 Å². The van der Waals surface area contributed by atoms with E-state index in [1.54, 1.807) is 0 Å². The molecule has 18 heavy (non-hydrogen) atoms. The fourth-order valence-electron chi connectivity index (χ4n) is 2.86. The van der Waals surface area contributed by atoms with E-state index in [9.17, 15) is 0 Å². The van der Waals surface area contributed by atoms with Crippen LogP contribution in [0.5, 0.6) is 0 Å². The van der Waals surface area contributed by atoms with E-state index in [4.69, 9.17) is 0 Å². The zero-order valence-corrected chi connectivity index (χ0v) is 12.2. The normalized spacial score (nSPS) is 18.1. The molecule has 1 aromatic rings. The number of thioether (sulfide) groups is 1. The Morgan fingerprint density at radius 3 is 2.61 bits per heavy atom. The van der Waals surface area contributed by atoms with Gasteiger partial charge in [0.25, 0.3) is 0 Å². The predicted octanol–water partition coefficient (Wildman–Crippen LogP) is 4.34. The van der Waals surface area contributed by atoms with Crippen LogP contribution in [0.4, 0.5) is 0 Å². The Bertz CT molecular complexity index is 319. The van der Waals surface area contributed by atoms with Crippen molar-refractivity contribution in [1.82, 2.24) is 5.32 Å². The quantitative estimate of drug-likeness (QED) is 0.735. The SMILES string of the molecule is CCNC(CSc1ccccc1)CC1CCCC1. The summed E-state index contributed by atoms with van der Waals surface area (Å²) >= 11 is 1.99. The van der Waals surface area contributed by atoms with Gasteiger partial charge in [-0.15, -0.1) is 11.8 Å². The van der Waals surface area contributed by atoms with Gasteiger partial charge in [-0.05, 0) is 31.0 Å². The van der Waals surface area contributed by atoms with E-state index in [0.717, 1.165) is 12.5 Å². The molecule has 1 unspecified atom stereocenters. The maximum Gasteiger partial charge on any atom is 0.0164 e. The van der Waals surface area contributed by atoms with Gasteiger partial charge in [0.05, 0.1) is 0 Å². The monoisotopic (exact) mass is 263 g/mol. The first-order valence-corrected chi connectivity index (χ1v) is 8.28. The molecule has 0 amide bonds. The molecule has 0 saturated heterocycles. The molecule has 1 N–H and O–H groups in total. The highest BCUT2D eigenvalue weighted by Gasteiger charge is 2.19. The first-order valence-electron chi connectivity index (χ1n) is 7.29. The van der Waals surface area contributed by atoms with Crippen molar-refractivity contribution in [3.8, 4) is 0 Å². The van der Waals surface area contributed by atoms with Crippen LogP contribution in [-0.4, -0.2) is 18.3 Å². The second-order valence-corrected chi connectivity index (χ2v) is 6.36. The van der Waals surface area contributed by atoms with Gasteiger partial charge >= 0.3 is 0 Å². The maximum absolute atomic E-state index is 3.66. The Hall–Kier alpha value is -0.470. The fourth-order valence-corrected chi connectivity index (χ4v) is 3.86. The Kier molecular flexibility index (Phi) is 6.09. The standard InChI is InChI=1S/C16H25NS/c1-2-17-15(12-14-8-6-7-9-14)13-18-16-10-4-3-5-11-16/h3-5,10-11,14-15,17H,2,6-9,12-13H2,1H3. The molecule has 1 saturated carbocycles. The lowest BCUT2D eigenvalue weighted by atomic mass is 9.99. The molecule has 100 valence electrons. The van der Waals surface area contributed by atoms with Crippen molar-refractivity contribution in [3.63, 3.8) is 0 Å². The number of hydrogen-bond acceptors (Lipinski definition) is 2. The van der Waals surface area contributed by atoms with E-state index in [1.807, 2.05) is 11.8 Å². The first kappa shape index (κ1) is 14.0. The van der Waals surface area contributed by atoms with E-state index in [0.29, 0.717) is 6.04 Å². The van der Waals surface area contributed by atoms with Crippen LogP contribution in [0.1, 0.15) is 39.0 Å². The molecule has 1 nitrogen and oxygen atoms in total. The van der Waals surface area contributed by atoms with Gasteiger partial charge in [-0.1, -0.05) is 50.8 Å². The van der Waals surface area contributed by atoms with Gasteiger partial charge in [-0.2, -0.15) is 0 Å². The van der Waals surface area contributed by atoms with Gasteiger partial charge in [0.2, 0.25) is 0 Å². The van der Waals surface area contributed by atoms with Gasteiger partial charge in [0.15, 0.2) is 0 Å². The zero-order valence-electron chi connectivity index (χ0n) is 11.4. The van der Waals surface area contributed by atoms with E-state index in [-0.39, 0.29) is 0 Å². The average molecular weight is 263 g/mol. The number of hydrogen-bond donors (Lipinski definition) is 1. The van der Waals surface area contributed by atoms with Gasteiger partial charge in [-0.3, -0.25) is 0 Å². The zero-order chi connectivity index (χ0) is 12.6. The maximum atomic E-state index is 3.66. The summed E-state index contributed by atoms with van der Waals surface area (Å²) < 4.78 is 0. The molecule has 1 aliphatic rings. The van der Waals surface area contributed by atoms with Gasteiger partial charge in [-0.25, -0.2) is 0 Å². The molecule has 2 heteroatoms. The lowest BCUT2D eigenvalue weighted by Crippen LogP contribution is -2.32. The third-order valence-corrected chi connectivity index (χ3v) is 4.95. The van der Waals surface area contributed by atoms with Crippen molar-refractivity contribution in [1.29, 1.82) is 0 Å². The molecule has 0 heterocycles. The van der Waals surface area contributed by atoms with Crippen LogP contribution in [0.15, 0.2) is 35.2 Å². The molecule has 1 aromatic carbocycles. The minimum atomic E-state index is 0.684. The minimum absolute atomic E-state index is 0.684. The van der Waals surface area contributed by atoms with Crippen molar-refractivity contribution < 1.29 is 0 Å². The van der Waals surface area contributed by atoms with Gasteiger partial charge in [0, 0.05) is 16.7 Å². The van der Waals surface area contributed by atoms with Crippen LogP contribution in [0.2, 0.25) is 0 Å². The third-order valence-electron chi connectivity index (χ3n) is 3.78. The van der Waals surface area contributed by atoms with Crippen molar-refractivity contribution in [3.05, 3.63) is 30.3 Å². The molecular formula is C16H25NS.